The summed E-state index contributed by atoms with van der Waals surface area (Å²) in [6, 6.07) is 83.9. The fourth-order valence-electron chi connectivity index (χ4n) is 12.2. The normalized spacial score (nSPS) is 13.7. The molecule has 1 aliphatic heterocycles. The Labute approximate surface area is 505 Å². The summed E-state index contributed by atoms with van der Waals surface area (Å²) in [6.07, 6.45) is 3.70. The standard InChI is InChI=1S/C34H22N4.C23H23BN2O2.C17H11BrN2/c1-3-16-30-24(11-1)26-13-6-14-28(33(26)37-30)31-18-7-17-29(36-31)22-9-5-10-23(21-22)38-32-19-4-2-12-25(32)27-15-8-20-35-34(27)38;1-22(2)23(3,4)28-24(27-22)16-9-7-10-17(15-16)26-20-13-6-5-11-18(20)19-12-8-14-25-21(19)26;18-16-10-4-9-15(19-16)13-7-3-6-12-11-5-1-2-8-14(11)20-17(12)13/h1-21,37H;5-15H,1-4H3;1-10,20H. The third kappa shape index (κ3) is 9.21. The first-order valence-corrected chi connectivity index (χ1v) is 29.7. The number of benzene rings is 8. The third-order valence-corrected chi connectivity index (χ3v) is 17.5. The number of nitrogens with zero attached hydrogens (tertiary/aromatic N) is 6. The van der Waals surface area contributed by atoms with Gasteiger partial charge in [-0.1, -0.05) is 146 Å². The number of hydrogen-bond donors (Lipinski definition) is 2. The maximum absolute atomic E-state index is 6.25. The van der Waals surface area contributed by atoms with Gasteiger partial charge < -0.3 is 19.3 Å². The second-order valence-corrected chi connectivity index (χ2v) is 23.6. The number of pyridine rings is 4. The first kappa shape index (κ1) is 52.8. The van der Waals surface area contributed by atoms with Gasteiger partial charge in [-0.3, -0.25) is 9.13 Å². The number of halogens is 1. The molecular weight excluding hydrogens is 1120 g/mol. The van der Waals surface area contributed by atoms with Crippen molar-refractivity contribution in [3.63, 3.8) is 0 Å². The Morgan fingerprint density at radius 2 is 0.837 bits per heavy atom. The van der Waals surface area contributed by atoms with E-state index in [1.165, 1.54) is 32.3 Å². The summed E-state index contributed by atoms with van der Waals surface area (Å²) >= 11 is 3.44. The molecule has 0 unspecified atom stereocenters. The van der Waals surface area contributed by atoms with Gasteiger partial charge in [0.05, 0.1) is 50.4 Å². The Bertz CT molecular complexity index is 5150. The second-order valence-electron chi connectivity index (χ2n) is 22.7. The minimum absolute atomic E-state index is 0.359. The van der Waals surface area contributed by atoms with E-state index in [4.69, 9.17) is 19.3 Å². The molecule has 0 aliphatic carbocycles. The molecule has 0 atom stereocenters. The monoisotopic (exact) mass is 1180 g/mol. The highest BCUT2D eigenvalue weighted by molar-refractivity contribution is 9.10. The Kier molecular flexibility index (Phi) is 13.1. The van der Waals surface area contributed by atoms with Crippen molar-refractivity contribution < 1.29 is 9.31 Å². The van der Waals surface area contributed by atoms with Gasteiger partial charge >= 0.3 is 7.12 Å². The van der Waals surface area contributed by atoms with Gasteiger partial charge in [0.25, 0.3) is 0 Å². The molecule has 1 saturated heterocycles. The number of rotatable bonds is 6. The van der Waals surface area contributed by atoms with Crippen LogP contribution in [0.15, 0.2) is 260 Å². The Balaban J connectivity index is 0.000000115. The van der Waals surface area contributed by atoms with Crippen molar-refractivity contribution in [2.24, 2.45) is 0 Å². The zero-order valence-electron chi connectivity index (χ0n) is 47.7. The Morgan fingerprint density at radius 3 is 1.41 bits per heavy atom. The highest BCUT2D eigenvalue weighted by Crippen LogP contribution is 2.39. The van der Waals surface area contributed by atoms with E-state index in [0.29, 0.717) is 0 Å². The van der Waals surface area contributed by atoms with Crippen molar-refractivity contribution in [1.29, 1.82) is 0 Å². The summed E-state index contributed by atoms with van der Waals surface area (Å²) in [5.41, 5.74) is 17.3. The van der Waals surface area contributed by atoms with Crippen molar-refractivity contribution in [2.45, 2.75) is 38.9 Å². The molecule has 2 N–H and O–H groups in total. The molecule has 1 aliphatic rings. The molecule has 0 saturated carbocycles. The molecule has 0 amide bonds. The average Bonchev–Trinajstić information content (AvgIpc) is 2.06. The SMILES string of the molecule is Brc1cccc(-c2cccc3c2[nH]c2ccccc23)n1.CC1(C)OB(c2cccc(-n3c4ccccc4c4cccnc43)c2)OC1(C)C.c1cc(-c2cccc(-c3cccc4c3[nH]c3ccccc34)n2)cc(-n2c3ccccc3c3cccnc32)c1. The predicted molar refractivity (Wildman–Crippen MR) is 358 cm³/mol. The largest absolute Gasteiger partial charge is 0.494 e. The van der Waals surface area contributed by atoms with E-state index in [9.17, 15) is 0 Å². The molecule has 10 nitrogen and oxygen atoms in total. The van der Waals surface area contributed by atoms with E-state index >= 15 is 0 Å². The number of aromatic nitrogens is 8. The van der Waals surface area contributed by atoms with Crippen LogP contribution < -0.4 is 5.46 Å². The number of H-pyrrole nitrogens is 2. The minimum Gasteiger partial charge on any atom is -0.399 e. The zero-order chi connectivity index (χ0) is 58.1. The van der Waals surface area contributed by atoms with Crippen LogP contribution in [0.5, 0.6) is 0 Å². The number of aromatic amines is 2. The summed E-state index contributed by atoms with van der Waals surface area (Å²) in [7, 11) is -0.383. The van der Waals surface area contributed by atoms with Crippen LogP contribution in [0.2, 0.25) is 0 Å². The highest BCUT2D eigenvalue weighted by Gasteiger charge is 2.51. The van der Waals surface area contributed by atoms with E-state index in [0.717, 1.165) is 110 Å². The Morgan fingerprint density at radius 1 is 0.395 bits per heavy atom. The van der Waals surface area contributed by atoms with Crippen LogP contribution in [-0.2, 0) is 9.31 Å². The smallest absolute Gasteiger partial charge is 0.399 e. The molecule has 12 heteroatoms. The van der Waals surface area contributed by atoms with Crippen molar-refractivity contribution in [3.8, 4) is 45.1 Å². The molecule has 0 bridgehead atoms. The molecule has 86 heavy (non-hydrogen) atoms. The van der Waals surface area contributed by atoms with Gasteiger partial charge in [-0.05, 0) is 146 Å². The number of hydrogen-bond acceptors (Lipinski definition) is 6. The lowest BCUT2D eigenvalue weighted by Crippen LogP contribution is -2.41. The summed E-state index contributed by atoms with van der Waals surface area (Å²) in [6.45, 7) is 8.31. The molecule has 17 rings (SSSR count). The molecular formula is C74H56BBrN8O2. The molecule has 9 heterocycles. The maximum atomic E-state index is 6.25. The molecule has 414 valence electrons. The lowest BCUT2D eigenvalue weighted by Gasteiger charge is -2.32. The van der Waals surface area contributed by atoms with Crippen LogP contribution in [-0.4, -0.2) is 57.4 Å². The molecule has 8 aromatic carbocycles. The van der Waals surface area contributed by atoms with Gasteiger partial charge in [0, 0.05) is 94.6 Å². The quantitative estimate of drug-likeness (QED) is 0.127. The van der Waals surface area contributed by atoms with Gasteiger partial charge in [-0.2, -0.15) is 0 Å². The van der Waals surface area contributed by atoms with Gasteiger partial charge in [0.2, 0.25) is 0 Å². The first-order chi connectivity index (χ1) is 42.0. The van der Waals surface area contributed by atoms with E-state index in [-0.39, 0.29) is 18.3 Å². The maximum Gasteiger partial charge on any atom is 0.494 e. The van der Waals surface area contributed by atoms with Crippen LogP contribution in [0.4, 0.5) is 0 Å². The minimum atomic E-state index is -0.383. The van der Waals surface area contributed by atoms with Gasteiger partial charge in [-0.15, -0.1) is 0 Å². The fourth-order valence-corrected chi connectivity index (χ4v) is 12.5. The molecule has 8 aromatic heterocycles. The summed E-state index contributed by atoms with van der Waals surface area (Å²) in [5, 5.41) is 9.64. The molecule has 0 radical (unpaired) electrons. The summed E-state index contributed by atoms with van der Waals surface area (Å²) in [5.74, 6) is 0. The zero-order valence-corrected chi connectivity index (χ0v) is 49.3. The lowest BCUT2D eigenvalue weighted by atomic mass is 9.79. The number of fused-ring (bicyclic) bond motifs is 12. The van der Waals surface area contributed by atoms with Crippen LogP contribution in [0.1, 0.15) is 27.7 Å². The van der Waals surface area contributed by atoms with Crippen molar-refractivity contribution >= 4 is 116 Å². The van der Waals surface area contributed by atoms with Gasteiger partial charge in [-0.25, -0.2) is 19.9 Å². The third-order valence-electron chi connectivity index (χ3n) is 17.0. The van der Waals surface area contributed by atoms with Crippen molar-refractivity contribution in [3.05, 3.63) is 260 Å². The highest BCUT2D eigenvalue weighted by atomic mass is 79.9. The molecule has 0 spiro atoms. The van der Waals surface area contributed by atoms with E-state index in [1.54, 1.807) is 0 Å². The van der Waals surface area contributed by atoms with E-state index in [2.05, 4.69) is 285 Å². The molecule has 1 fully saturated rings. The predicted octanol–water partition coefficient (Wildman–Crippen LogP) is 18.2. The van der Waals surface area contributed by atoms with Gasteiger partial charge in [0.15, 0.2) is 0 Å². The lowest BCUT2D eigenvalue weighted by molar-refractivity contribution is 0.00578. The van der Waals surface area contributed by atoms with E-state index in [1.807, 2.05) is 42.7 Å². The molecule has 16 aromatic rings. The number of para-hydroxylation sites is 6. The summed E-state index contributed by atoms with van der Waals surface area (Å²) < 4.78 is 17.8. The Hall–Kier alpha value is -9.98. The van der Waals surface area contributed by atoms with Crippen LogP contribution in [0.25, 0.3) is 133 Å². The van der Waals surface area contributed by atoms with E-state index < -0.39 is 0 Å². The second kappa shape index (κ2) is 21.3. The van der Waals surface area contributed by atoms with Crippen LogP contribution in [0, 0.1) is 0 Å². The summed E-state index contributed by atoms with van der Waals surface area (Å²) in [4.78, 5) is 26.2. The van der Waals surface area contributed by atoms with Crippen LogP contribution in [0.3, 0.4) is 0 Å². The fraction of sp³-hybridized carbons (Fsp3) is 0.0811. The van der Waals surface area contributed by atoms with Gasteiger partial charge in [0.1, 0.15) is 15.9 Å². The van der Waals surface area contributed by atoms with Crippen molar-refractivity contribution in [1.82, 2.24) is 39.0 Å². The van der Waals surface area contributed by atoms with Crippen LogP contribution >= 0.6 is 15.9 Å². The van der Waals surface area contributed by atoms with Crippen molar-refractivity contribution in [2.75, 3.05) is 0 Å². The average molecular weight is 1180 g/mol. The number of nitrogens with one attached hydrogen (secondary N) is 2. The topological polar surface area (TPSA) is 111 Å². The first-order valence-electron chi connectivity index (χ1n) is 28.9.